The van der Waals surface area contributed by atoms with Crippen molar-refractivity contribution in [2.75, 3.05) is 13.7 Å². The minimum atomic E-state index is -0.128. The smallest absolute Gasteiger partial charge is 0.167 e. The van der Waals surface area contributed by atoms with Gasteiger partial charge in [-0.2, -0.15) is 5.10 Å². The molecule has 80 valence electrons. The molecule has 1 aromatic rings. The molecule has 0 radical (unpaired) electrons. The van der Waals surface area contributed by atoms with Crippen molar-refractivity contribution >= 4 is 0 Å². The van der Waals surface area contributed by atoms with Gasteiger partial charge in [-0.15, -0.1) is 0 Å². The number of ether oxygens (including phenoxy) is 1. The van der Waals surface area contributed by atoms with Crippen molar-refractivity contribution in [3.63, 3.8) is 0 Å². The van der Waals surface area contributed by atoms with Gasteiger partial charge in [0.25, 0.3) is 0 Å². The van der Waals surface area contributed by atoms with Crippen LogP contribution < -0.4 is 5.73 Å². The van der Waals surface area contributed by atoms with E-state index in [2.05, 4.69) is 22.1 Å². The summed E-state index contributed by atoms with van der Waals surface area (Å²) in [5.41, 5.74) is 5.87. The summed E-state index contributed by atoms with van der Waals surface area (Å²) < 4.78 is 4.94. The van der Waals surface area contributed by atoms with Crippen LogP contribution in [-0.2, 0) is 11.2 Å². The van der Waals surface area contributed by atoms with Crippen molar-refractivity contribution in [2.24, 2.45) is 5.73 Å². The number of aromatic nitrogens is 3. The Morgan fingerprint density at radius 1 is 1.57 bits per heavy atom. The Kier molecular flexibility index (Phi) is 4.55. The van der Waals surface area contributed by atoms with E-state index in [1.165, 1.54) is 0 Å². The Morgan fingerprint density at radius 3 is 3.00 bits per heavy atom. The number of nitrogens with zero attached hydrogens (tertiary/aromatic N) is 2. The molecular formula is C9H18N4O. The number of nitrogens with two attached hydrogens (primary N) is 1. The highest BCUT2D eigenvalue weighted by Crippen LogP contribution is 2.09. The molecular weight excluding hydrogens is 180 g/mol. The Balaban J connectivity index is 2.48. The predicted octanol–water partition coefficient (Wildman–Crippen LogP) is 0.794. The van der Waals surface area contributed by atoms with E-state index in [9.17, 15) is 0 Å². The van der Waals surface area contributed by atoms with E-state index in [-0.39, 0.29) is 6.04 Å². The second-order valence-corrected chi connectivity index (χ2v) is 3.28. The van der Waals surface area contributed by atoms with E-state index < -0.39 is 0 Å². The minimum Gasteiger partial charge on any atom is -0.385 e. The van der Waals surface area contributed by atoms with Gasteiger partial charge in [0.15, 0.2) is 5.82 Å². The molecule has 0 aromatic carbocycles. The molecule has 1 rings (SSSR count). The van der Waals surface area contributed by atoms with Gasteiger partial charge in [-0.1, -0.05) is 6.92 Å². The molecule has 0 saturated carbocycles. The third kappa shape index (κ3) is 3.08. The third-order valence-electron chi connectivity index (χ3n) is 2.00. The van der Waals surface area contributed by atoms with Crippen LogP contribution in [0.1, 0.15) is 37.5 Å². The zero-order chi connectivity index (χ0) is 10.4. The average molecular weight is 198 g/mol. The SMILES string of the molecule is CCCc1nc(C(N)CCOC)n[nH]1. The lowest BCUT2D eigenvalue weighted by Gasteiger charge is -2.05. The van der Waals surface area contributed by atoms with Crippen LogP contribution in [0.5, 0.6) is 0 Å². The van der Waals surface area contributed by atoms with E-state index in [0.29, 0.717) is 12.4 Å². The van der Waals surface area contributed by atoms with Crippen LogP contribution in [0.4, 0.5) is 0 Å². The third-order valence-corrected chi connectivity index (χ3v) is 2.00. The van der Waals surface area contributed by atoms with Crippen molar-refractivity contribution in [1.82, 2.24) is 15.2 Å². The first kappa shape index (κ1) is 11.1. The van der Waals surface area contributed by atoms with Gasteiger partial charge >= 0.3 is 0 Å². The first-order valence-corrected chi connectivity index (χ1v) is 4.93. The highest BCUT2D eigenvalue weighted by atomic mass is 16.5. The minimum absolute atomic E-state index is 0.128. The Bertz CT molecular complexity index is 261. The van der Waals surface area contributed by atoms with Gasteiger partial charge in [-0.05, 0) is 12.8 Å². The van der Waals surface area contributed by atoms with Gasteiger partial charge in [0.2, 0.25) is 0 Å². The molecule has 0 bridgehead atoms. The van der Waals surface area contributed by atoms with Crippen LogP contribution in [0, 0.1) is 0 Å². The summed E-state index contributed by atoms with van der Waals surface area (Å²) in [5, 5.41) is 6.95. The zero-order valence-corrected chi connectivity index (χ0v) is 8.79. The van der Waals surface area contributed by atoms with Gasteiger partial charge in [0.05, 0.1) is 6.04 Å². The fraction of sp³-hybridized carbons (Fsp3) is 0.778. The molecule has 0 aliphatic heterocycles. The molecule has 0 saturated heterocycles. The van der Waals surface area contributed by atoms with Gasteiger partial charge in [-0.25, -0.2) is 4.98 Å². The van der Waals surface area contributed by atoms with Gasteiger partial charge in [0, 0.05) is 20.1 Å². The number of methoxy groups -OCH3 is 1. The van der Waals surface area contributed by atoms with Crippen LogP contribution in [-0.4, -0.2) is 28.9 Å². The van der Waals surface area contributed by atoms with E-state index in [1.54, 1.807) is 7.11 Å². The summed E-state index contributed by atoms with van der Waals surface area (Å²) in [6, 6.07) is -0.128. The number of hydrogen-bond acceptors (Lipinski definition) is 4. The first-order valence-electron chi connectivity index (χ1n) is 4.93. The Labute approximate surface area is 84.1 Å². The predicted molar refractivity (Wildman–Crippen MR) is 53.8 cm³/mol. The van der Waals surface area contributed by atoms with Crippen LogP contribution in [0.2, 0.25) is 0 Å². The number of hydrogen-bond donors (Lipinski definition) is 2. The average Bonchev–Trinajstić information content (AvgIpc) is 2.63. The zero-order valence-electron chi connectivity index (χ0n) is 8.79. The molecule has 3 N–H and O–H groups in total. The molecule has 0 fully saturated rings. The second-order valence-electron chi connectivity index (χ2n) is 3.28. The standard InChI is InChI=1S/C9H18N4O/c1-3-4-8-11-9(13-12-8)7(10)5-6-14-2/h7H,3-6,10H2,1-2H3,(H,11,12,13). The van der Waals surface area contributed by atoms with Crippen molar-refractivity contribution < 1.29 is 4.74 Å². The normalized spacial score (nSPS) is 13.1. The number of nitrogens with one attached hydrogen (secondary N) is 1. The van der Waals surface area contributed by atoms with Crippen LogP contribution >= 0.6 is 0 Å². The highest BCUT2D eigenvalue weighted by Gasteiger charge is 2.11. The number of rotatable bonds is 6. The lowest BCUT2D eigenvalue weighted by Crippen LogP contribution is -2.14. The van der Waals surface area contributed by atoms with E-state index in [1.807, 2.05) is 0 Å². The fourth-order valence-electron chi connectivity index (χ4n) is 1.20. The van der Waals surface area contributed by atoms with E-state index in [0.717, 1.165) is 25.1 Å². The molecule has 5 nitrogen and oxygen atoms in total. The molecule has 0 aliphatic rings. The molecule has 1 unspecified atom stereocenters. The monoisotopic (exact) mass is 198 g/mol. The topological polar surface area (TPSA) is 76.8 Å². The quantitative estimate of drug-likeness (QED) is 0.708. The maximum Gasteiger partial charge on any atom is 0.167 e. The van der Waals surface area contributed by atoms with Gasteiger partial charge in [0.1, 0.15) is 5.82 Å². The molecule has 1 atom stereocenters. The largest absolute Gasteiger partial charge is 0.385 e. The van der Waals surface area contributed by atoms with Gasteiger partial charge in [-0.3, -0.25) is 5.10 Å². The summed E-state index contributed by atoms with van der Waals surface area (Å²) >= 11 is 0. The van der Waals surface area contributed by atoms with Crippen molar-refractivity contribution in [3.8, 4) is 0 Å². The molecule has 14 heavy (non-hydrogen) atoms. The lowest BCUT2D eigenvalue weighted by atomic mass is 10.2. The maximum atomic E-state index is 5.87. The lowest BCUT2D eigenvalue weighted by molar-refractivity contribution is 0.187. The fourth-order valence-corrected chi connectivity index (χ4v) is 1.20. The number of aryl methyl sites for hydroxylation is 1. The highest BCUT2D eigenvalue weighted by molar-refractivity contribution is 4.95. The summed E-state index contributed by atoms with van der Waals surface area (Å²) in [7, 11) is 1.66. The molecule has 0 amide bonds. The Hall–Kier alpha value is -0.940. The maximum absolute atomic E-state index is 5.87. The van der Waals surface area contributed by atoms with Crippen LogP contribution in [0.15, 0.2) is 0 Å². The first-order chi connectivity index (χ1) is 6.77. The number of aromatic amines is 1. The summed E-state index contributed by atoms with van der Waals surface area (Å²) in [5.74, 6) is 1.60. The van der Waals surface area contributed by atoms with Crippen molar-refractivity contribution in [3.05, 3.63) is 11.6 Å². The Morgan fingerprint density at radius 2 is 2.36 bits per heavy atom. The molecule has 1 heterocycles. The van der Waals surface area contributed by atoms with Crippen molar-refractivity contribution in [1.29, 1.82) is 0 Å². The second kappa shape index (κ2) is 5.72. The van der Waals surface area contributed by atoms with E-state index in [4.69, 9.17) is 10.5 Å². The van der Waals surface area contributed by atoms with Crippen LogP contribution in [0.3, 0.4) is 0 Å². The summed E-state index contributed by atoms with van der Waals surface area (Å²) in [4.78, 5) is 4.31. The number of H-pyrrole nitrogens is 1. The molecule has 1 aromatic heterocycles. The van der Waals surface area contributed by atoms with E-state index >= 15 is 0 Å². The summed E-state index contributed by atoms with van der Waals surface area (Å²) in [6.07, 6.45) is 2.73. The van der Waals surface area contributed by atoms with Crippen LogP contribution in [0.25, 0.3) is 0 Å². The molecule has 0 spiro atoms. The van der Waals surface area contributed by atoms with Crippen molar-refractivity contribution in [2.45, 2.75) is 32.2 Å². The molecule has 5 heteroatoms. The molecule has 0 aliphatic carbocycles. The van der Waals surface area contributed by atoms with Gasteiger partial charge < -0.3 is 10.5 Å². The summed E-state index contributed by atoms with van der Waals surface area (Å²) in [6.45, 7) is 2.74.